The molecule has 3 aromatic rings. The minimum Gasteiger partial charge on any atom is -0.322 e. The number of hydrogen-bond acceptors (Lipinski definition) is 6. The molecule has 1 aliphatic rings. The molecule has 0 atom stereocenters. The molecule has 3 amide bonds. The van der Waals surface area contributed by atoms with Crippen LogP contribution >= 0.6 is 11.8 Å². The van der Waals surface area contributed by atoms with Crippen molar-refractivity contribution < 1.29 is 22.8 Å². The summed E-state index contributed by atoms with van der Waals surface area (Å²) < 4.78 is 27.3. The molecule has 1 heterocycles. The molecule has 166 valence electrons. The van der Waals surface area contributed by atoms with Crippen molar-refractivity contribution in [2.75, 3.05) is 10.0 Å². The Hall–Kier alpha value is -3.89. The molecule has 10 heteroatoms. The maximum atomic E-state index is 12.6. The standard InChI is InChI=1S/C23H17N3O5S2/c27-21(24-18-6-4-5-15(13-18)14-20-22(28)25-23(29)32-20)16-9-11-17(12-10-16)26-33(30,31)19-7-2-1-3-8-19/h1-14,26H,(H,24,27)(H,25,28,29). The topological polar surface area (TPSA) is 121 Å². The largest absolute Gasteiger partial charge is 0.322 e. The number of imide groups is 1. The highest BCUT2D eigenvalue weighted by atomic mass is 32.2. The first-order valence-corrected chi connectivity index (χ1v) is 11.9. The van der Waals surface area contributed by atoms with Gasteiger partial charge in [0.1, 0.15) is 0 Å². The van der Waals surface area contributed by atoms with E-state index in [9.17, 15) is 22.8 Å². The number of nitrogens with one attached hydrogen (secondary N) is 3. The van der Waals surface area contributed by atoms with Gasteiger partial charge in [-0.2, -0.15) is 0 Å². The highest BCUT2D eigenvalue weighted by Gasteiger charge is 2.24. The second kappa shape index (κ2) is 9.31. The fourth-order valence-electron chi connectivity index (χ4n) is 2.99. The van der Waals surface area contributed by atoms with Crippen LogP contribution in [0.4, 0.5) is 16.2 Å². The van der Waals surface area contributed by atoms with Gasteiger partial charge in [-0.3, -0.25) is 24.4 Å². The maximum absolute atomic E-state index is 12.6. The van der Waals surface area contributed by atoms with E-state index in [1.807, 2.05) is 0 Å². The molecule has 0 aromatic heterocycles. The summed E-state index contributed by atoms with van der Waals surface area (Å²) in [5.41, 5.74) is 1.80. The fraction of sp³-hybridized carbons (Fsp3) is 0. The van der Waals surface area contributed by atoms with E-state index in [-0.39, 0.29) is 15.7 Å². The van der Waals surface area contributed by atoms with Crippen LogP contribution in [0.25, 0.3) is 6.08 Å². The highest BCUT2D eigenvalue weighted by molar-refractivity contribution is 8.18. The van der Waals surface area contributed by atoms with Crippen molar-refractivity contribution in [3.63, 3.8) is 0 Å². The first-order chi connectivity index (χ1) is 15.8. The first-order valence-electron chi connectivity index (χ1n) is 9.64. The second-order valence-electron chi connectivity index (χ2n) is 6.93. The molecule has 0 radical (unpaired) electrons. The molecule has 3 N–H and O–H groups in total. The average molecular weight is 480 g/mol. The summed E-state index contributed by atoms with van der Waals surface area (Å²) in [6.07, 6.45) is 1.56. The zero-order valence-electron chi connectivity index (χ0n) is 16.9. The number of amides is 3. The van der Waals surface area contributed by atoms with Crippen molar-refractivity contribution in [3.05, 3.63) is 94.9 Å². The quantitative estimate of drug-likeness (QED) is 0.459. The van der Waals surface area contributed by atoms with Crippen molar-refractivity contribution in [2.24, 2.45) is 0 Å². The lowest BCUT2D eigenvalue weighted by Gasteiger charge is -2.09. The second-order valence-corrected chi connectivity index (χ2v) is 9.62. The third kappa shape index (κ3) is 5.48. The smallest absolute Gasteiger partial charge is 0.290 e. The summed E-state index contributed by atoms with van der Waals surface area (Å²) in [6, 6.07) is 20.8. The van der Waals surface area contributed by atoms with Gasteiger partial charge in [-0.25, -0.2) is 8.42 Å². The molecule has 33 heavy (non-hydrogen) atoms. The Bertz CT molecular complexity index is 1370. The SMILES string of the molecule is O=C1NC(=O)C(=Cc2cccc(NC(=O)c3ccc(NS(=O)(=O)c4ccccc4)cc3)c2)S1. The Balaban J connectivity index is 1.44. The average Bonchev–Trinajstić information content (AvgIpc) is 3.11. The van der Waals surface area contributed by atoms with Gasteiger partial charge >= 0.3 is 0 Å². The molecule has 0 aliphatic carbocycles. The van der Waals surface area contributed by atoms with Crippen LogP contribution in [0.2, 0.25) is 0 Å². The fourth-order valence-corrected chi connectivity index (χ4v) is 4.75. The first kappa shape index (κ1) is 22.3. The molecule has 0 bridgehead atoms. The van der Waals surface area contributed by atoms with E-state index in [2.05, 4.69) is 15.4 Å². The summed E-state index contributed by atoms with van der Waals surface area (Å²) in [5, 5.41) is 4.52. The van der Waals surface area contributed by atoms with Crippen molar-refractivity contribution in [1.82, 2.24) is 5.32 Å². The summed E-state index contributed by atoms with van der Waals surface area (Å²) in [7, 11) is -3.72. The van der Waals surface area contributed by atoms with E-state index < -0.39 is 21.2 Å². The van der Waals surface area contributed by atoms with Gasteiger partial charge in [0.05, 0.1) is 9.80 Å². The summed E-state index contributed by atoms with van der Waals surface area (Å²) in [6.45, 7) is 0. The maximum Gasteiger partial charge on any atom is 0.290 e. The van der Waals surface area contributed by atoms with E-state index in [1.165, 1.54) is 36.4 Å². The number of carbonyl (C=O) groups is 3. The van der Waals surface area contributed by atoms with Crippen LogP contribution in [-0.4, -0.2) is 25.5 Å². The molecule has 0 spiro atoms. The summed E-state index contributed by atoms with van der Waals surface area (Å²) >= 11 is 0.814. The Morgan fingerprint density at radius 2 is 1.61 bits per heavy atom. The molecular weight excluding hydrogens is 462 g/mol. The molecule has 3 aromatic carbocycles. The normalized spacial score (nSPS) is 14.7. The van der Waals surface area contributed by atoms with Crippen LogP contribution in [0.15, 0.2) is 88.7 Å². The molecule has 0 unspecified atom stereocenters. The van der Waals surface area contributed by atoms with Crippen LogP contribution in [0.3, 0.4) is 0 Å². The number of carbonyl (C=O) groups excluding carboxylic acids is 3. The zero-order chi connectivity index (χ0) is 23.4. The number of hydrogen-bond donors (Lipinski definition) is 3. The minimum atomic E-state index is -3.72. The van der Waals surface area contributed by atoms with Crippen LogP contribution in [0.1, 0.15) is 15.9 Å². The number of sulfonamides is 1. The molecule has 1 saturated heterocycles. The highest BCUT2D eigenvalue weighted by Crippen LogP contribution is 2.26. The summed E-state index contributed by atoms with van der Waals surface area (Å²) in [5.74, 6) is -0.845. The minimum absolute atomic E-state index is 0.138. The van der Waals surface area contributed by atoms with E-state index >= 15 is 0 Å². The van der Waals surface area contributed by atoms with Crippen molar-refractivity contribution >= 4 is 56.3 Å². The number of benzene rings is 3. The van der Waals surface area contributed by atoms with E-state index in [0.29, 0.717) is 22.5 Å². The lowest BCUT2D eigenvalue weighted by atomic mass is 10.1. The van der Waals surface area contributed by atoms with Gasteiger partial charge < -0.3 is 5.32 Å². The Kier molecular flexibility index (Phi) is 6.29. The van der Waals surface area contributed by atoms with Crippen LogP contribution in [0.5, 0.6) is 0 Å². The lowest BCUT2D eigenvalue weighted by Crippen LogP contribution is -2.17. The van der Waals surface area contributed by atoms with Crippen molar-refractivity contribution in [3.8, 4) is 0 Å². The predicted octanol–water partition coefficient (Wildman–Crippen LogP) is 4.06. The third-order valence-corrected chi connectivity index (χ3v) is 6.74. The number of anilines is 2. The Morgan fingerprint density at radius 1 is 0.879 bits per heavy atom. The summed E-state index contributed by atoms with van der Waals surface area (Å²) in [4.78, 5) is 36.0. The number of thioether (sulfide) groups is 1. The molecule has 1 aliphatic heterocycles. The van der Waals surface area contributed by atoms with Gasteiger partial charge in [-0.05, 0) is 71.9 Å². The van der Waals surface area contributed by atoms with Crippen molar-refractivity contribution in [2.45, 2.75) is 4.90 Å². The van der Waals surface area contributed by atoms with Gasteiger partial charge in [-0.15, -0.1) is 0 Å². The predicted molar refractivity (Wildman–Crippen MR) is 127 cm³/mol. The van der Waals surface area contributed by atoms with Gasteiger partial charge in [0.15, 0.2) is 0 Å². The third-order valence-electron chi connectivity index (χ3n) is 4.54. The van der Waals surface area contributed by atoms with Crippen molar-refractivity contribution in [1.29, 1.82) is 0 Å². The molecule has 4 rings (SSSR count). The van der Waals surface area contributed by atoms with Gasteiger partial charge in [0, 0.05) is 16.9 Å². The number of rotatable bonds is 6. The monoisotopic (exact) mass is 479 g/mol. The molecule has 8 nitrogen and oxygen atoms in total. The Labute approximate surface area is 194 Å². The van der Waals surface area contributed by atoms with Gasteiger partial charge in [0.2, 0.25) is 0 Å². The van der Waals surface area contributed by atoms with E-state index in [0.717, 1.165) is 11.8 Å². The Morgan fingerprint density at radius 3 is 2.27 bits per heavy atom. The van der Waals surface area contributed by atoms with Crippen LogP contribution in [0, 0.1) is 0 Å². The van der Waals surface area contributed by atoms with Gasteiger partial charge in [0.25, 0.3) is 27.1 Å². The van der Waals surface area contributed by atoms with E-state index in [1.54, 1.807) is 48.5 Å². The van der Waals surface area contributed by atoms with E-state index in [4.69, 9.17) is 0 Å². The van der Waals surface area contributed by atoms with Crippen LogP contribution in [-0.2, 0) is 14.8 Å². The molecular formula is C23H17N3O5S2. The lowest BCUT2D eigenvalue weighted by molar-refractivity contribution is -0.115. The van der Waals surface area contributed by atoms with Gasteiger partial charge in [-0.1, -0.05) is 30.3 Å². The molecule has 0 saturated carbocycles. The zero-order valence-corrected chi connectivity index (χ0v) is 18.6. The molecule has 1 fully saturated rings. The van der Waals surface area contributed by atoms with Crippen LogP contribution < -0.4 is 15.4 Å².